The molecule has 0 aromatic heterocycles. The van der Waals surface area contributed by atoms with Crippen LogP contribution in [0.2, 0.25) is 0 Å². The highest BCUT2D eigenvalue weighted by Gasteiger charge is 2.07. The Balaban J connectivity index is 1.65. The Hall–Kier alpha value is -3.21. The predicted molar refractivity (Wildman–Crippen MR) is 97.3 cm³/mol. The third kappa shape index (κ3) is 4.01. The van der Waals surface area contributed by atoms with Crippen LogP contribution < -0.4 is 14.2 Å². The van der Waals surface area contributed by atoms with Crippen LogP contribution in [0.4, 0.5) is 0 Å². The quantitative estimate of drug-likeness (QED) is 0.305. The van der Waals surface area contributed by atoms with Gasteiger partial charge in [-0.05, 0) is 41.1 Å². The van der Waals surface area contributed by atoms with Gasteiger partial charge in [0.15, 0.2) is 0 Å². The molecule has 0 saturated carbocycles. The molecule has 0 fully saturated rings. The van der Waals surface area contributed by atoms with Gasteiger partial charge in [-0.3, -0.25) is 0 Å². The SMILES string of the molecule is COc1ccc(OCCOc2ccc3ccccc3c2C=NO)cc1. The average Bonchev–Trinajstić information content (AvgIpc) is 2.67. The Labute approximate surface area is 146 Å². The van der Waals surface area contributed by atoms with E-state index in [4.69, 9.17) is 19.4 Å². The second-order valence-corrected chi connectivity index (χ2v) is 5.32. The predicted octanol–water partition coefficient (Wildman–Crippen LogP) is 4.11. The maximum atomic E-state index is 8.95. The molecule has 128 valence electrons. The summed E-state index contributed by atoms with van der Waals surface area (Å²) in [5.74, 6) is 2.18. The lowest BCUT2D eigenvalue weighted by Gasteiger charge is -2.12. The molecule has 0 saturated heterocycles. The summed E-state index contributed by atoms with van der Waals surface area (Å²) in [7, 11) is 1.63. The minimum absolute atomic E-state index is 0.372. The Morgan fingerprint density at radius 3 is 2.36 bits per heavy atom. The lowest BCUT2D eigenvalue weighted by atomic mass is 10.0. The van der Waals surface area contributed by atoms with Crippen LogP contribution in [0, 0.1) is 0 Å². The fourth-order valence-electron chi connectivity index (χ4n) is 2.58. The summed E-state index contributed by atoms with van der Waals surface area (Å²) in [4.78, 5) is 0. The van der Waals surface area contributed by atoms with Crippen LogP contribution in [0.15, 0.2) is 65.8 Å². The van der Waals surface area contributed by atoms with E-state index in [1.165, 1.54) is 6.21 Å². The van der Waals surface area contributed by atoms with Crippen LogP contribution in [-0.4, -0.2) is 31.7 Å². The highest BCUT2D eigenvalue weighted by atomic mass is 16.5. The molecule has 0 atom stereocenters. The van der Waals surface area contributed by atoms with E-state index in [1.54, 1.807) is 7.11 Å². The van der Waals surface area contributed by atoms with Crippen LogP contribution in [0.5, 0.6) is 17.2 Å². The average molecular weight is 337 g/mol. The Morgan fingerprint density at radius 1 is 0.880 bits per heavy atom. The molecule has 25 heavy (non-hydrogen) atoms. The van der Waals surface area contributed by atoms with Gasteiger partial charge < -0.3 is 19.4 Å². The first kappa shape index (κ1) is 16.6. The third-order valence-electron chi connectivity index (χ3n) is 3.79. The monoisotopic (exact) mass is 337 g/mol. The third-order valence-corrected chi connectivity index (χ3v) is 3.79. The number of hydrogen-bond donors (Lipinski definition) is 1. The van der Waals surface area contributed by atoms with Gasteiger partial charge in [0.25, 0.3) is 0 Å². The van der Waals surface area contributed by atoms with Crippen molar-refractivity contribution in [2.45, 2.75) is 0 Å². The topological polar surface area (TPSA) is 60.3 Å². The summed E-state index contributed by atoms with van der Waals surface area (Å²) in [6.45, 7) is 0.769. The van der Waals surface area contributed by atoms with Crippen molar-refractivity contribution in [3.63, 3.8) is 0 Å². The number of benzene rings is 3. The van der Waals surface area contributed by atoms with Crippen LogP contribution >= 0.6 is 0 Å². The molecule has 0 heterocycles. The molecular weight excluding hydrogens is 318 g/mol. The van der Waals surface area contributed by atoms with Crippen molar-refractivity contribution in [3.05, 3.63) is 66.2 Å². The fraction of sp³-hybridized carbons (Fsp3) is 0.150. The zero-order valence-electron chi connectivity index (χ0n) is 13.9. The van der Waals surface area contributed by atoms with Gasteiger partial charge in [-0.25, -0.2) is 0 Å². The van der Waals surface area contributed by atoms with Crippen molar-refractivity contribution in [2.75, 3.05) is 20.3 Å². The van der Waals surface area contributed by atoms with E-state index in [2.05, 4.69) is 5.16 Å². The first-order chi connectivity index (χ1) is 12.3. The molecule has 0 aliphatic carbocycles. The summed E-state index contributed by atoms with van der Waals surface area (Å²) in [5.41, 5.74) is 0.741. The molecule has 0 aliphatic heterocycles. The molecule has 0 bridgehead atoms. The van der Waals surface area contributed by atoms with Crippen LogP contribution in [0.25, 0.3) is 10.8 Å². The van der Waals surface area contributed by atoms with E-state index in [-0.39, 0.29) is 0 Å². The van der Waals surface area contributed by atoms with E-state index in [0.29, 0.717) is 19.0 Å². The largest absolute Gasteiger partial charge is 0.497 e. The van der Waals surface area contributed by atoms with Crippen molar-refractivity contribution in [1.82, 2.24) is 0 Å². The molecule has 0 radical (unpaired) electrons. The van der Waals surface area contributed by atoms with Gasteiger partial charge in [0.2, 0.25) is 0 Å². The fourth-order valence-corrected chi connectivity index (χ4v) is 2.58. The zero-order valence-corrected chi connectivity index (χ0v) is 13.9. The van der Waals surface area contributed by atoms with Gasteiger partial charge in [-0.15, -0.1) is 0 Å². The number of hydrogen-bond acceptors (Lipinski definition) is 5. The molecule has 0 aliphatic rings. The molecule has 0 unspecified atom stereocenters. The summed E-state index contributed by atoms with van der Waals surface area (Å²) < 4.78 is 16.6. The van der Waals surface area contributed by atoms with E-state index in [9.17, 15) is 0 Å². The number of ether oxygens (including phenoxy) is 3. The molecule has 1 N–H and O–H groups in total. The minimum Gasteiger partial charge on any atom is -0.497 e. The second kappa shape index (κ2) is 8.06. The molecule has 3 rings (SSSR count). The Bertz CT molecular complexity index is 859. The molecule has 5 nitrogen and oxygen atoms in total. The second-order valence-electron chi connectivity index (χ2n) is 5.32. The number of nitrogens with zero attached hydrogens (tertiary/aromatic N) is 1. The van der Waals surface area contributed by atoms with E-state index >= 15 is 0 Å². The van der Waals surface area contributed by atoms with Crippen LogP contribution in [0.3, 0.4) is 0 Å². The van der Waals surface area contributed by atoms with Gasteiger partial charge in [-0.2, -0.15) is 0 Å². The van der Waals surface area contributed by atoms with Gasteiger partial charge in [0, 0.05) is 5.56 Å². The number of oxime groups is 1. The Morgan fingerprint density at radius 2 is 1.60 bits per heavy atom. The van der Waals surface area contributed by atoms with E-state index < -0.39 is 0 Å². The van der Waals surface area contributed by atoms with Crippen molar-refractivity contribution < 1.29 is 19.4 Å². The lowest BCUT2D eigenvalue weighted by molar-refractivity contribution is 0.217. The number of rotatable bonds is 7. The summed E-state index contributed by atoms with van der Waals surface area (Å²) in [5, 5.41) is 14.1. The molecule has 5 heteroatoms. The highest BCUT2D eigenvalue weighted by Crippen LogP contribution is 2.26. The van der Waals surface area contributed by atoms with Crippen LogP contribution in [-0.2, 0) is 0 Å². The molecular formula is C20H19NO4. The van der Waals surface area contributed by atoms with Crippen molar-refractivity contribution in [1.29, 1.82) is 0 Å². The molecule has 3 aromatic carbocycles. The summed E-state index contributed by atoms with van der Waals surface area (Å²) >= 11 is 0. The smallest absolute Gasteiger partial charge is 0.129 e. The van der Waals surface area contributed by atoms with Gasteiger partial charge >= 0.3 is 0 Å². The van der Waals surface area contributed by atoms with Gasteiger partial charge in [0.1, 0.15) is 30.5 Å². The van der Waals surface area contributed by atoms with E-state index in [1.807, 2.05) is 60.7 Å². The maximum Gasteiger partial charge on any atom is 0.129 e. The van der Waals surface area contributed by atoms with Gasteiger partial charge in [-0.1, -0.05) is 35.5 Å². The molecule has 3 aromatic rings. The zero-order chi connectivity index (χ0) is 17.5. The van der Waals surface area contributed by atoms with E-state index in [0.717, 1.165) is 27.8 Å². The molecule has 0 amide bonds. The summed E-state index contributed by atoms with van der Waals surface area (Å²) in [6.07, 6.45) is 1.39. The standard InChI is InChI=1S/C20H19NO4/c1-23-16-7-9-17(10-8-16)24-12-13-25-20-11-6-15-4-2-3-5-18(15)19(20)14-21-22/h2-11,14,22H,12-13H2,1H3. The van der Waals surface area contributed by atoms with Crippen LogP contribution in [0.1, 0.15) is 5.56 Å². The minimum atomic E-state index is 0.372. The highest BCUT2D eigenvalue weighted by molar-refractivity contribution is 6.02. The first-order valence-corrected chi connectivity index (χ1v) is 7.90. The lowest BCUT2D eigenvalue weighted by Crippen LogP contribution is -2.10. The number of methoxy groups -OCH3 is 1. The molecule has 0 spiro atoms. The Kier molecular flexibility index (Phi) is 5.36. The summed E-state index contributed by atoms with van der Waals surface area (Å²) in [6, 6.07) is 19.1. The first-order valence-electron chi connectivity index (χ1n) is 7.90. The maximum absolute atomic E-state index is 8.95. The van der Waals surface area contributed by atoms with Gasteiger partial charge in [0.05, 0.1) is 13.3 Å². The van der Waals surface area contributed by atoms with Crippen molar-refractivity contribution in [2.24, 2.45) is 5.16 Å². The van der Waals surface area contributed by atoms with Crippen molar-refractivity contribution >= 4 is 17.0 Å². The number of fused-ring (bicyclic) bond motifs is 1. The normalized spacial score (nSPS) is 10.9. The van der Waals surface area contributed by atoms with Crippen molar-refractivity contribution in [3.8, 4) is 17.2 Å².